The van der Waals surface area contributed by atoms with Crippen LogP contribution in [0.2, 0.25) is 4.34 Å². The number of rotatable bonds is 3. The monoisotopic (exact) mass is 274 g/mol. The summed E-state index contributed by atoms with van der Waals surface area (Å²) in [6, 6.07) is 3.77. The van der Waals surface area contributed by atoms with Crippen LogP contribution in [0.15, 0.2) is 17.5 Å². The quantitative estimate of drug-likeness (QED) is 0.921. The van der Waals surface area contributed by atoms with Crippen molar-refractivity contribution in [2.24, 2.45) is 0 Å². The Hall–Kier alpha value is -0.550. The molecule has 1 N–H and O–H groups in total. The van der Waals surface area contributed by atoms with Crippen LogP contribution < -0.4 is 4.74 Å². The van der Waals surface area contributed by atoms with Gasteiger partial charge in [-0.25, -0.2) is 0 Å². The summed E-state index contributed by atoms with van der Waals surface area (Å²) in [5.41, 5.74) is 1.00. The molecule has 0 spiro atoms. The van der Waals surface area contributed by atoms with E-state index in [4.69, 9.17) is 16.3 Å². The maximum Gasteiger partial charge on any atom is 0.129 e. The van der Waals surface area contributed by atoms with Crippen LogP contribution in [0.3, 0.4) is 0 Å². The van der Waals surface area contributed by atoms with Crippen LogP contribution in [0.4, 0.5) is 0 Å². The number of aryl methyl sites for hydroxylation is 1. The van der Waals surface area contributed by atoms with Gasteiger partial charge in [0.25, 0.3) is 0 Å². The summed E-state index contributed by atoms with van der Waals surface area (Å²) in [7, 11) is 1.62. The highest BCUT2D eigenvalue weighted by Gasteiger charge is 2.16. The van der Waals surface area contributed by atoms with Crippen LogP contribution in [-0.2, 0) is 0 Å². The summed E-state index contributed by atoms with van der Waals surface area (Å²) < 4.78 is 5.82. The summed E-state index contributed by atoms with van der Waals surface area (Å²) >= 11 is 8.88. The van der Waals surface area contributed by atoms with Gasteiger partial charge in [-0.15, -0.1) is 22.7 Å². The van der Waals surface area contributed by atoms with Gasteiger partial charge in [-0.2, -0.15) is 0 Å². The van der Waals surface area contributed by atoms with Gasteiger partial charge in [0, 0.05) is 15.1 Å². The Morgan fingerprint density at radius 3 is 2.62 bits per heavy atom. The van der Waals surface area contributed by atoms with Crippen LogP contribution in [0, 0.1) is 6.92 Å². The average Bonchev–Trinajstić information content (AvgIpc) is 2.86. The number of halogens is 1. The van der Waals surface area contributed by atoms with E-state index in [0.29, 0.717) is 0 Å². The Labute approximate surface area is 107 Å². The number of aliphatic hydroxyl groups excluding tert-OH is 1. The Kier molecular flexibility index (Phi) is 3.54. The molecule has 2 nitrogen and oxygen atoms in total. The second-order valence-electron chi connectivity index (χ2n) is 3.40. The van der Waals surface area contributed by atoms with Crippen LogP contribution in [-0.4, -0.2) is 12.2 Å². The molecule has 0 amide bonds. The van der Waals surface area contributed by atoms with Crippen LogP contribution >= 0.6 is 34.3 Å². The molecule has 0 aromatic carbocycles. The van der Waals surface area contributed by atoms with Crippen molar-refractivity contribution >= 4 is 34.3 Å². The number of aliphatic hydroxyl groups is 1. The van der Waals surface area contributed by atoms with Crippen molar-refractivity contribution in [3.05, 3.63) is 37.2 Å². The van der Waals surface area contributed by atoms with E-state index in [-0.39, 0.29) is 0 Å². The second kappa shape index (κ2) is 4.75. The van der Waals surface area contributed by atoms with E-state index in [1.807, 2.05) is 24.4 Å². The van der Waals surface area contributed by atoms with Gasteiger partial charge in [0.05, 0.1) is 11.4 Å². The van der Waals surface area contributed by atoms with Gasteiger partial charge in [0.2, 0.25) is 0 Å². The molecule has 0 aliphatic carbocycles. The van der Waals surface area contributed by atoms with Crippen molar-refractivity contribution in [2.45, 2.75) is 13.0 Å². The minimum absolute atomic E-state index is 0.606. The van der Waals surface area contributed by atoms with E-state index < -0.39 is 6.10 Å². The maximum absolute atomic E-state index is 10.1. The molecule has 2 heterocycles. The first kappa shape index (κ1) is 11.9. The van der Waals surface area contributed by atoms with Gasteiger partial charge in [-0.05, 0) is 24.6 Å². The van der Waals surface area contributed by atoms with Crippen LogP contribution in [0.5, 0.6) is 5.75 Å². The fourth-order valence-electron chi connectivity index (χ4n) is 1.34. The Morgan fingerprint density at radius 2 is 2.12 bits per heavy atom. The third kappa shape index (κ3) is 2.25. The molecular formula is C11H11ClO2S2. The molecule has 0 saturated heterocycles. The van der Waals surface area contributed by atoms with E-state index in [9.17, 15) is 5.11 Å². The molecule has 86 valence electrons. The van der Waals surface area contributed by atoms with E-state index >= 15 is 0 Å². The van der Waals surface area contributed by atoms with E-state index in [2.05, 4.69) is 0 Å². The number of ether oxygens (including phenoxy) is 1. The third-order valence-electron chi connectivity index (χ3n) is 2.25. The molecule has 0 radical (unpaired) electrons. The molecule has 0 aliphatic heterocycles. The zero-order valence-electron chi connectivity index (χ0n) is 8.86. The zero-order valence-corrected chi connectivity index (χ0v) is 11.2. The summed E-state index contributed by atoms with van der Waals surface area (Å²) in [6.07, 6.45) is -0.606. The van der Waals surface area contributed by atoms with E-state index in [0.717, 1.165) is 25.4 Å². The Balaban J connectivity index is 2.27. The highest BCUT2D eigenvalue weighted by atomic mass is 35.5. The summed E-state index contributed by atoms with van der Waals surface area (Å²) in [4.78, 5) is 1.74. The topological polar surface area (TPSA) is 29.5 Å². The zero-order chi connectivity index (χ0) is 11.7. The molecule has 1 atom stereocenters. The molecule has 2 aromatic heterocycles. The van der Waals surface area contributed by atoms with Crippen molar-refractivity contribution in [2.75, 3.05) is 7.11 Å². The lowest BCUT2D eigenvalue weighted by molar-refractivity contribution is 0.227. The van der Waals surface area contributed by atoms with Crippen molar-refractivity contribution in [3.63, 3.8) is 0 Å². The molecule has 0 fully saturated rings. The van der Waals surface area contributed by atoms with Crippen molar-refractivity contribution in [1.82, 2.24) is 0 Å². The van der Waals surface area contributed by atoms with Gasteiger partial charge < -0.3 is 9.84 Å². The van der Waals surface area contributed by atoms with Gasteiger partial charge >= 0.3 is 0 Å². The van der Waals surface area contributed by atoms with Crippen LogP contribution in [0.1, 0.15) is 21.4 Å². The third-order valence-corrected chi connectivity index (χ3v) is 4.82. The maximum atomic E-state index is 10.1. The number of methoxy groups -OCH3 is 1. The predicted molar refractivity (Wildman–Crippen MR) is 69.0 cm³/mol. The predicted octanol–water partition coefficient (Wildman–Crippen LogP) is 3.86. The second-order valence-corrected chi connectivity index (χ2v) is 6.03. The van der Waals surface area contributed by atoms with Crippen molar-refractivity contribution < 1.29 is 9.84 Å². The van der Waals surface area contributed by atoms with Gasteiger partial charge in [-0.1, -0.05) is 11.6 Å². The fraction of sp³-hybridized carbons (Fsp3) is 0.273. The molecular weight excluding hydrogens is 264 g/mol. The first-order chi connectivity index (χ1) is 7.61. The first-order valence-corrected chi connectivity index (χ1v) is 6.75. The lowest BCUT2D eigenvalue weighted by Crippen LogP contribution is -1.93. The minimum atomic E-state index is -0.606. The summed E-state index contributed by atoms with van der Waals surface area (Å²) in [6.45, 7) is 1.93. The van der Waals surface area contributed by atoms with Gasteiger partial charge in [0.1, 0.15) is 11.9 Å². The van der Waals surface area contributed by atoms with Crippen molar-refractivity contribution in [1.29, 1.82) is 0 Å². The molecule has 1 unspecified atom stereocenters. The fourth-order valence-corrected chi connectivity index (χ4v) is 3.50. The first-order valence-electron chi connectivity index (χ1n) is 4.68. The Morgan fingerprint density at radius 1 is 1.38 bits per heavy atom. The number of hydrogen-bond donors (Lipinski definition) is 1. The highest BCUT2D eigenvalue weighted by molar-refractivity contribution is 7.16. The van der Waals surface area contributed by atoms with Crippen molar-refractivity contribution in [3.8, 4) is 5.75 Å². The van der Waals surface area contributed by atoms with Gasteiger partial charge in [0.15, 0.2) is 0 Å². The summed E-state index contributed by atoms with van der Waals surface area (Å²) in [5, 5.41) is 12.0. The van der Waals surface area contributed by atoms with E-state index in [1.165, 1.54) is 22.7 Å². The van der Waals surface area contributed by atoms with E-state index in [1.54, 1.807) is 7.11 Å². The molecule has 0 bridgehead atoms. The number of hydrogen-bond acceptors (Lipinski definition) is 4. The molecule has 16 heavy (non-hydrogen) atoms. The molecule has 0 saturated carbocycles. The normalized spacial score (nSPS) is 12.8. The standard InChI is InChI=1S/C11H11ClO2S2/c1-6-3-9(16-11(6)12)10(13)8-4-7(14-2)5-15-8/h3-5,10,13H,1-2H3. The number of thiophene rings is 2. The average molecular weight is 275 g/mol. The smallest absolute Gasteiger partial charge is 0.129 e. The van der Waals surface area contributed by atoms with Crippen LogP contribution in [0.25, 0.3) is 0 Å². The minimum Gasteiger partial charge on any atom is -0.496 e. The lowest BCUT2D eigenvalue weighted by Gasteiger charge is -2.04. The lowest BCUT2D eigenvalue weighted by atomic mass is 10.2. The Bertz CT molecular complexity index is 470. The molecule has 2 aromatic rings. The molecule has 2 rings (SSSR count). The SMILES string of the molecule is COc1csc(C(O)c2cc(C)c(Cl)s2)c1. The van der Waals surface area contributed by atoms with Gasteiger partial charge in [-0.3, -0.25) is 0 Å². The molecule has 0 aliphatic rings. The summed E-state index contributed by atoms with van der Waals surface area (Å²) in [5.74, 6) is 0.776. The highest BCUT2D eigenvalue weighted by Crippen LogP contribution is 2.37. The molecule has 5 heteroatoms. The largest absolute Gasteiger partial charge is 0.496 e.